The lowest BCUT2D eigenvalue weighted by Crippen LogP contribution is -2.52. The van der Waals surface area contributed by atoms with Crippen LogP contribution in [0.15, 0.2) is 4.99 Å². The topological polar surface area (TPSA) is 55.4 Å². The summed E-state index contributed by atoms with van der Waals surface area (Å²) in [7, 11) is 2.21. The van der Waals surface area contributed by atoms with Crippen LogP contribution in [-0.4, -0.2) is 112 Å². The van der Waals surface area contributed by atoms with Gasteiger partial charge in [0, 0.05) is 71.5 Å². The SMILES string of the molecule is CCNC(=NCC(C)CN1CCN(C)CC1)NCC(C(C)C)N1CCOCC1. The van der Waals surface area contributed by atoms with Gasteiger partial charge in [0.15, 0.2) is 5.96 Å². The molecule has 0 amide bonds. The van der Waals surface area contributed by atoms with Crippen molar-refractivity contribution in [3.05, 3.63) is 0 Å². The monoisotopic (exact) mass is 396 g/mol. The van der Waals surface area contributed by atoms with Gasteiger partial charge in [-0.2, -0.15) is 0 Å². The quantitative estimate of drug-likeness (QED) is 0.444. The first kappa shape index (κ1) is 23.4. The summed E-state index contributed by atoms with van der Waals surface area (Å²) in [6.07, 6.45) is 0. The number of rotatable bonds is 9. The normalized spacial score (nSPS) is 23.0. The van der Waals surface area contributed by atoms with E-state index in [1.165, 1.54) is 26.2 Å². The molecule has 2 fully saturated rings. The molecule has 2 N–H and O–H groups in total. The standard InChI is InChI=1S/C21H44N6O/c1-6-22-21(23-15-19(4)17-26-9-7-25(5)8-10-26)24-16-20(18(2)3)27-11-13-28-14-12-27/h18-20H,6-17H2,1-5H3,(H2,22,23,24). The molecule has 0 aromatic heterocycles. The molecule has 0 aliphatic carbocycles. The fraction of sp³-hybridized carbons (Fsp3) is 0.952. The molecule has 2 unspecified atom stereocenters. The van der Waals surface area contributed by atoms with E-state index in [1.54, 1.807) is 0 Å². The summed E-state index contributed by atoms with van der Waals surface area (Å²) in [6.45, 7) is 21.4. The Morgan fingerprint density at radius 3 is 2.29 bits per heavy atom. The van der Waals surface area contributed by atoms with E-state index in [1.807, 2.05) is 0 Å². The molecule has 2 atom stereocenters. The van der Waals surface area contributed by atoms with Crippen LogP contribution in [0, 0.1) is 11.8 Å². The zero-order chi connectivity index (χ0) is 20.4. The summed E-state index contributed by atoms with van der Waals surface area (Å²) in [6, 6.07) is 0.510. The Morgan fingerprint density at radius 1 is 1.00 bits per heavy atom. The molecule has 2 saturated heterocycles. The van der Waals surface area contributed by atoms with Gasteiger partial charge in [0.05, 0.1) is 13.2 Å². The van der Waals surface area contributed by atoms with E-state index >= 15 is 0 Å². The van der Waals surface area contributed by atoms with Crippen LogP contribution in [0.25, 0.3) is 0 Å². The molecular formula is C21H44N6O. The van der Waals surface area contributed by atoms with Crippen LogP contribution in [-0.2, 0) is 4.74 Å². The first-order chi connectivity index (χ1) is 13.5. The number of guanidine groups is 1. The van der Waals surface area contributed by atoms with Crippen LogP contribution in [0.3, 0.4) is 0 Å². The molecular weight excluding hydrogens is 352 g/mol. The van der Waals surface area contributed by atoms with Crippen LogP contribution in [0.4, 0.5) is 0 Å². The average Bonchev–Trinajstić information content (AvgIpc) is 2.68. The zero-order valence-electron chi connectivity index (χ0n) is 18.9. The van der Waals surface area contributed by atoms with Gasteiger partial charge in [-0.05, 0) is 25.8 Å². The summed E-state index contributed by atoms with van der Waals surface area (Å²) in [5.74, 6) is 2.12. The Labute approximate surface area is 172 Å². The molecule has 0 spiro atoms. The maximum Gasteiger partial charge on any atom is 0.191 e. The molecule has 0 radical (unpaired) electrons. The molecule has 0 saturated carbocycles. The van der Waals surface area contributed by atoms with E-state index in [0.717, 1.165) is 58.4 Å². The molecule has 0 aromatic rings. The summed E-state index contributed by atoms with van der Waals surface area (Å²) in [5.41, 5.74) is 0. The molecule has 2 aliphatic rings. The third kappa shape index (κ3) is 8.23. The number of nitrogens with one attached hydrogen (secondary N) is 2. The lowest BCUT2D eigenvalue weighted by molar-refractivity contribution is 0.00752. The van der Waals surface area contributed by atoms with Crippen molar-refractivity contribution in [3.8, 4) is 0 Å². The fourth-order valence-corrected chi connectivity index (χ4v) is 4.01. The molecule has 2 aliphatic heterocycles. The highest BCUT2D eigenvalue weighted by atomic mass is 16.5. The minimum Gasteiger partial charge on any atom is -0.379 e. The average molecular weight is 397 g/mol. The van der Waals surface area contributed by atoms with Gasteiger partial charge in [0.1, 0.15) is 0 Å². The minimum absolute atomic E-state index is 0.510. The van der Waals surface area contributed by atoms with E-state index in [9.17, 15) is 0 Å². The first-order valence-electron chi connectivity index (χ1n) is 11.2. The van der Waals surface area contributed by atoms with Gasteiger partial charge >= 0.3 is 0 Å². The molecule has 0 aromatic carbocycles. The van der Waals surface area contributed by atoms with Crippen LogP contribution in [0.5, 0.6) is 0 Å². The van der Waals surface area contributed by atoms with E-state index in [0.29, 0.717) is 17.9 Å². The number of hydrogen-bond acceptors (Lipinski definition) is 5. The van der Waals surface area contributed by atoms with Gasteiger partial charge < -0.3 is 25.2 Å². The van der Waals surface area contributed by atoms with E-state index in [2.05, 4.69) is 60.1 Å². The van der Waals surface area contributed by atoms with Gasteiger partial charge in [-0.1, -0.05) is 20.8 Å². The molecule has 2 rings (SSSR count). The lowest BCUT2D eigenvalue weighted by atomic mass is 10.0. The zero-order valence-corrected chi connectivity index (χ0v) is 18.9. The second kappa shape index (κ2) is 12.6. The van der Waals surface area contributed by atoms with Gasteiger partial charge in [0.25, 0.3) is 0 Å². The number of aliphatic imine (C=N–C) groups is 1. The van der Waals surface area contributed by atoms with Crippen LogP contribution in [0.1, 0.15) is 27.7 Å². The predicted octanol–water partition coefficient (Wildman–Crippen LogP) is 0.782. The highest BCUT2D eigenvalue weighted by molar-refractivity contribution is 5.79. The van der Waals surface area contributed by atoms with Crippen LogP contribution in [0.2, 0.25) is 0 Å². The van der Waals surface area contributed by atoms with Crippen molar-refractivity contribution in [1.82, 2.24) is 25.3 Å². The first-order valence-corrected chi connectivity index (χ1v) is 11.2. The molecule has 164 valence electrons. The highest BCUT2D eigenvalue weighted by Crippen LogP contribution is 2.12. The number of morpholine rings is 1. The van der Waals surface area contributed by atoms with Crippen molar-refractivity contribution < 1.29 is 4.74 Å². The molecule has 28 heavy (non-hydrogen) atoms. The van der Waals surface area contributed by atoms with E-state index in [4.69, 9.17) is 9.73 Å². The molecule has 7 heteroatoms. The summed E-state index contributed by atoms with van der Waals surface area (Å²) >= 11 is 0. The third-order valence-corrected chi connectivity index (χ3v) is 5.83. The van der Waals surface area contributed by atoms with E-state index in [-0.39, 0.29) is 0 Å². The van der Waals surface area contributed by atoms with Crippen molar-refractivity contribution in [2.45, 2.75) is 33.7 Å². The van der Waals surface area contributed by atoms with Crippen molar-refractivity contribution in [3.63, 3.8) is 0 Å². The van der Waals surface area contributed by atoms with Gasteiger partial charge in [-0.25, -0.2) is 0 Å². The summed E-state index contributed by atoms with van der Waals surface area (Å²) in [4.78, 5) is 12.4. The second-order valence-electron chi connectivity index (χ2n) is 8.77. The maximum atomic E-state index is 5.52. The Kier molecular flexibility index (Phi) is 10.5. The molecule has 2 heterocycles. The Hall–Kier alpha value is -0.890. The number of hydrogen-bond donors (Lipinski definition) is 2. The van der Waals surface area contributed by atoms with Crippen molar-refractivity contribution in [1.29, 1.82) is 0 Å². The smallest absolute Gasteiger partial charge is 0.191 e. The number of piperazine rings is 1. The van der Waals surface area contributed by atoms with E-state index < -0.39 is 0 Å². The van der Waals surface area contributed by atoms with Crippen LogP contribution >= 0.6 is 0 Å². The largest absolute Gasteiger partial charge is 0.379 e. The maximum absolute atomic E-state index is 5.52. The summed E-state index contributed by atoms with van der Waals surface area (Å²) in [5, 5.41) is 7.02. The third-order valence-electron chi connectivity index (χ3n) is 5.83. The fourth-order valence-electron chi connectivity index (χ4n) is 4.01. The van der Waals surface area contributed by atoms with Crippen LogP contribution < -0.4 is 10.6 Å². The summed E-state index contributed by atoms with van der Waals surface area (Å²) < 4.78 is 5.52. The number of ether oxygens (including phenoxy) is 1. The molecule has 7 nitrogen and oxygen atoms in total. The number of nitrogens with zero attached hydrogens (tertiary/aromatic N) is 4. The highest BCUT2D eigenvalue weighted by Gasteiger charge is 2.24. The van der Waals surface area contributed by atoms with Gasteiger partial charge in [-0.3, -0.25) is 9.89 Å². The predicted molar refractivity (Wildman–Crippen MR) is 118 cm³/mol. The van der Waals surface area contributed by atoms with Gasteiger partial charge in [-0.15, -0.1) is 0 Å². The lowest BCUT2D eigenvalue weighted by Gasteiger charge is -2.37. The van der Waals surface area contributed by atoms with Crippen molar-refractivity contribution >= 4 is 5.96 Å². The molecule has 0 bridgehead atoms. The van der Waals surface area contributed by atoms with Crippen molar-refractivity contribution in [2.24, 2.45) is 16.8 Å². The second-order valence-corrected chi connectivity index (χ2v) is 8.77. The Morgan fingerprint density at radius 2 is 1.68 bits per heavy atom. The van der Waals surface area contributed by atoms with Gasteiger partial charge in [0.2, 0.25) is 0 Å². The van der Waals surface area contributed by atoms with Crippen molar-refractivity contribution in [2.75, 3.05) is 85.7 Å². The Balaban J connectivity index is 1.81. The Bertz CT molecular complexity index is 444. The number of likely N-dealkylation sites (N-methyl/N-ethyl adjacent to an activating group) is 1. The minimum atomic E-state index is 0.510.